The van der Waals surface area contributed by atoms with E-state index in [1.807, 2.05) is 13.8 Å². The SMILES string of the molecule is CCCC(Oc1ccc(CNCC)cc1F)C(=O)O. The first kappa shape index (κ1) is 15.4. The molecule has 2 N–H and O–H groups in total. The second-order valence-corrected chi connectivity index (χ2v) is 4.28. The minimum Gasteiger partial charge on any atom is -0.479 e. The number of carbonyl (C=O) groups is 1. The van der Waals surface area contributed by atoms with Crippen molar-refractivity contribution in [3.63, 3.8) is 0 Å². The van der Waals surface area contributed by atoms with Crippen molar-refractivity contribution < 1.29 is 19.0 Å². The molecule has 5 heteroatoms. The summed E-state index contributed by atoms with van der Waals surface area (Å²) in [5.41, 5.74) is 0.800. The monoisotopic (exact) mass is 269 g/mol. The average Bonchev–Trinajstić information content (AvgIpc) is 2.38. The van der Waals surface area contributed by atoms with Crippen molar-refractivity contribution in [2.75, 3.05) is 6.54 Å². The molecule has 19 heavy (non-hydrogen) atoms. The average molecular weight is 269 g/mol. The number of aliphatic carboxylic acids is 1. The van der Waals surface area contributed by atoms with Crippen LogP contribution in [0.5, 0.6) is 5.75 Å². The summed E-state index contributed by atoms with van der Waals surface area (Å²) in [7, 11) is 0. The van der Waals surface area contributed by atoms with Crippen LogP contribution < -0.4 is 10.1 Å². The number of carboxylic acid groups (broad SMARTS) is 1. The summed E-state index contributed by atoms with van der Waals surface area (Å²) in [6, 6.07) is 4.57. The molecular weight excluding hydrogens is 249 g/mol. The number of benzene rings is 1. The van der Waals surface area contributed by atoms with E-state index in [9.17, 15) is 9.18 Å². The van der Waals surface area contributed by atoms with Crippen LogP contribution in [0.25, 0.3) is 0 Å². The van der Waals surface area contributed by atoms with Crippen LogP contribution in [0.1, 0.15) is 32.3 Å². The van der Waals surface area contributed by atoms with Gasteiger partial charge in [0.25, 0.3) is 0 Å². The third-order valence-corrected chi connectivity index (χ3v) is 2.67. The minimum absolute atomic E-state index is 0.0129. The number of hydrogen-bond acceptors (Lipinski definition) is 3. The second-order valence-electron chi connectivity index (χ2n) is 4.28. The van der Waals surface area contributed by atoms with Crippen molar-refractivity contribution in [3.05, 3.63) is 29.6 Å². The Balaban J connectivity index is 2.75. The Hall–Kier alpha value is -1.62. The molecule has 0 heterocycles. The van der Waals surface area contributed by atoms with E-state index in [0.29, 0.717) is 19.4 Å². The summed E-state index contributed by atoms with van der Waals surface area (Å²) < 4.78 is 19.0. The molecule has 0 spiro atoms. The zero-order valence-electron chi connectivity index (χ0n) is 11.3. The molecule has 1 rings (SSSR count). The number of nitrogens with one attached hydrogen (secondary N) is 1. The molecule has 0 saturated carbocycles. The van der Waals surface area contributed by atoms with E-state index in [2.05, 4.69) is 5.32 Å². The van der Waals surface area contributed by atoms with Crippen LogP contribution in [0.4, 0.5) is 4.39 Å². The van der Waals surface area contributed by atoms with Crippen LogP contribution in [0.3, 0.4) is 0 Å². The molecule has 0 aliphatic heterocycles. The van der Waals surface area contributed by atoms with E-state index in [0.717, 1.165) is 12.1 Å². The molecule has 0 amide bonds. The number of carboxylic acids is 1. The lowest BCUT2D eigenvalue weighted by Gasteiger charge is -2.15. The summed E-state index contributed by atoms with van der Waals surface area (Å²) in [6.45, 7) is 5.20. The van der Waals surface area contributed by atoms with Gasteiger partial charge in [0, 0.05) is 6.54 Å². The van der Waals surface area contributed by atoms with Gasteiger partial charge in [0.05, 0.1) is 0 Å². The fraction of sp³-hybridized carbons (Fsp3) is 0.500. The first-order valence-electron chi connectivity index (χ1n) is 6.47. The van der Waals surface area contributed by atoms with Crippen molar-refractivity contribution in [2.45, 2.75) is 39.3 Å². The van der Waals surface area contributed by atoms with E-state index < -0.39 is 17.9 Å². The Morgan fingerprint density at radius 1 is 1.47 bits per heavy atom. The Labute approximate surface area is 112 Å². The molecule has 0 radical (unpaired) electrons. The van der Waals surface area contributed by atoms with Crippen molar-refractivity contribution in [3.8, 4) is 5.75 Å². The smallest absolute Gasteiger partial charge is 0.344 e. The van der Waals surface area contributed by atoms with Crippen molar-refractivity contribution in [1.29, 1.82) is 0 Å². The van der Waals surface area contributed by atoms with Gasteiger partial charge in [-0.2, -0.15) is 0 Å². The lowest BCUT2D eigenvalue weighted by Crippen LogP contribution is -2.27. The van der Waals surface area contributed by atoms with E-state index >= 15 is 0 Å². The zero-order chi connectivity index (χ0) is 14.3. The molecule has 4 nitrogen and oxygen atoms in total. The van der Waals surface area contributed by atoms with Crippen LogP contribution in [0, 0.1) is 5.82 Å². The Morgan fingerprint density at radius 3 is 2.74 bits per heavy atom. The predicted molar refractivity (Wildman–Crippen MR) is 70.7 cm³/mol. The van der Waals surface area contributed by atoms with Gasteiger partial charge in [0.1, 0.15) is 0 Å². The lowest BCUT2D eigenvalue weighted by atomic mass is 10.2. The van der Waals surface area contributed by atoms with Crippen LogP contribution >= 0.6 is 0 Å². The highest BCUT2D eigenvalue weighted by Crippen LogP contribution is 2.21. The number of halogens is 1. The maximum atomic E-state index is 13.8. The first-order chi connectivity index (χ1) is 9.08. The van der Waals surface area contributed by atoms with Crippen LogP contribution in [-0.4, -0.2) is 23.7 Å². The van der Waals surface area contributed by atoms with E-state index in [1.54, 1.807) is 6.07 Å². The third-order valence-electron chi connectivity index (χ3n) is 2.67. The highest BCUT2D eigenvalue weighted by atomic mass is 19.1. The van der Waals surface area contributed by atoms with Crippen molar-refractivity contribution in [1.82, 2.24) is 5.32 Å². The van der Waals surface area contributed by atoms with Gasteiger partial charge in [-0.1, -0.05) is 26.3 Å². The van der Waals surface area contributed by atoms with Gasteiger partial charge in [-0.3, -0.25) is 0 Å². The summed E-state index contributed by atoms with van der Waals surface area (Å²) in [5.74, 6) is -1.61. The fourth-order valence-corrected chi connectivity index (χ4v) is 1.67. The standard InChI is InChI=1S/C14H20FNO3/c1-3-5-13(14(17)18)19-12-7-6-10(8-11(12)15)9-16-4-2/h6-8,13,16H,3-5,9H2,1-2H3,(H,17,18). The van der Waals surface area contributed by atoms with E-state index in [4.69, 9.17) is 9.84 Å². The molecule has 106 valence electrons. The van der Waals surface area contributed by atoms with Crippen LogP contribution in [0.15, 0.2) is 18.2 Å². The van der Waals surface area contributed by atoms with Gasteiger partial charge >= 0.3 is 5.97 Å². The largest absolute Gasteiger partial charge is 0.479 e. The van der Waals surface area contributed by atoms with Gasteiger partial charge in [0.2, 0.25) is 0 Å². The molecule has 0 aliphatic rings. The summed E-state index contributed by atoms with van der Waals surface area (Å²) >= 11 is 0. The van der Waals surface area contributed by atoms with E-state index in [1.165, 1.54) is 12.1 Å². The molecule has 1 aromatic carbocycles. The first-order valence-corrected chi connectivity index (χ1v) is 6.47. The number of hydrogen-bond donors (Lipinski definition) is 2. The Bertz CT molecular complexity index is 423. The van der Waals surface area contributed by atoms with Crippen LogP contribution in [-0.2, 0) is 11.3 Å². The minimum atomic E-state index is -1.07. The van der Waals surface area contributed by atoms with E-state index in [-0.39, 0.29) is 5.75 Å². The highest BCUT2D eigenvalue weighted by Gasteiger charge is 2.19. The fourth-order valence-electron chi connectivity index (χ4n) is 1.67. The Morgan fingerprint density at radius 2 is 2.21 bits per heavy atom. The van der Waals surface area contributed by atoms with Gasteiger partial charge in [-0.05, 0) is 30.7 Å². The van der Waals surface area contributed by atoms with Crippen molar-refractivity contribution in [2.24, 2.45) is 0 Å². The topological polar surface area (TPSA) is 58.6 Å². The van der Waals surface area contributed by atoms with Gasteiger partial charge in [0.15, 0.2) is 17.7 Å². The molecule has 1 atom stereocenters. The summed E-state index contributed by atoms with van der Waals surface area (Å²) in [4.78, 5) is 11.0. The molecule has 0 bridgehead atoms. The highest BCUT2D eigenvalue weighted by molar-refractivity contribution is 5.72. The quantitative estimate of drug-likeness (QED) is 0.761. The van der Waals surface area contributed by atoms with Gasteiger partial charge in [-0.15, -0.1) is 0 Å². The molecule has 1 aromatic rings. The second kappa shape index (κ2) is 7.74. The maximum absolute atomic E-state index is 13.8. The predicted octanol–water partition coefficient (Wildman–Crippen LogP) is 2.57. The molecular formula is C14H20FNO3. The molecule has 1 unspecified atom stereocenters. The number of ether oxygens (including phenoxy) is 1. The summed E-state index contributed by atoms with van der Waals surface area (Å²) in [5, 5.41) is 12.1. The Kier molecular flexibility index (Phi) is 6.29. The number of rotatable bonds is 8. The van der Waals surface area contributed by atoms with Gasteiger partial charge < -0.3 is 15.2 Å². The zero-order valence-corrected chi connectivity index (χ0v) is 11.3. The molecule has 0 fully saturated rings. The normalized spacial score (nSPS) is 12.2. The molecule has 0 saturated heterocycles. The third kappa shape index (κ3) is 4.87. The van der Waals surface area contributed by atoms with Crippen LogP contribution in [0.2, 0.25) is 0 Å². The lowest BCUT2D eigenvalue weighted by molar-refractivity contribution is -0.145. The summed E-state index contributed by atoms with van der Waals surface area (Å²) in [6.07, 6.45) is 0.0180. The van der Waals surface area contributed by atoms with Crippen molar-refractivity contribution >= 4 is 5.97 Å². The van der Waals surface area contributed by atoms with Gasteiger partial charge in [-0.25, -0.2) is 9.18 Å². The maximum Gasteiger partial charge on any atom is 0.344 e. The molecule has 0 aliphatic carbocycles. The molecule has 0 aromatic heterocycles.